The first-order valence-corrected chi connectivity index (χ1v) is 3.86. The van der Waals surface area contributed by atoms with Gasteiger partial charge in [0.25, 0.3) is 0 Å². The average Bonchev–Trinajstić information content (AvgIpc) is 2.29. The van der Waals surface area contributed by atoms with E-state index in [0.717, 1.165) is 13.0 Å². The van der Waals surface area contributed by atoms with E-state index in [0.29, 0.717) is 0 Å². The molecule has 0 radical (unpaired) electrons. The van der Waals surface area contributed by atoms with Gasteiger partial charge in [-0.05, 0) is 11.8 Å². The Morgan fingerprint density at radius 3 is 2.64 bits per heavy atom. The molecule has 0 aromatic carbocycles. The van der Waals surface area contributed by atoms with E-state index in [1.54, 1.807) is 0 Å². The number of esters is 1. The van der Waals surface area contributed by atoms with Gasteiger partial charge in [-0.1, -0.05) is 13.8 Å². The van der Waals surface area contributed by atoms with Crippen molar-refractivity contribution in [2.75, 3.05) is 13.7 Å². The Bertz CT molecular complexity index is 165. The van der Waals surface area contributed by atoms with Crippen LogP contribution in [0.2, 0.25) is 0 Å². The SMILES string of the molecule is COC(=O)C1CC(C)(C)CN1. The Hall–Kier alpha value is -0.570. The number of ether oxygens (including phenoxy) is 1. The highest BCUT2D eigenvalue weighted by molar-refractivity contribution is 5.76. The maximum absolute atomic E-state index is 11.0. The van der Waals surface area contributed by atoms with Crippen LogP contribution in [0.3, 0.4) is 0 Å². The first-order chi connectivity index (χ1) is 5.05. The Labute approximate surface area is 67.1 Å². The van der Waals surface area contributed by atoms with Crippen molar-refractivity contribution >= 4 is 5.97 Å². The molecule has 0 bridgehead atoms. The summed E-state index contributed by atoms with van der Waals surface area (Å²) in [5.74, 6) is -0.143. The molecule has 1 N–H and O–H groups in total. The molecule has 1 rings (SSSR count). The van der Waals surface area contributed by atoms with Crippen molar-refractivity contribution in [1.29, 1.82) is 0 Å². The smallest absolute Gasteiger partial charge is 0.322 e. The molecule has 1 unspecified atom stereocenters. The molecular weight excluding hydrogens is 142 g/mol. The highest BCUT2D eigenvalue weighted by atomic mass is 16.5. The predicted molar refractivity (Wildman–Crippen MR) is 42.2 cm³/mol. The molecule has 1 aliphatic heterocycles. The Balaban J connectivity index is 2.48. The minimum absolute atomic E-state index is 0.0880. The molecule has 0 saturated carbocycles. The third kappa shape index (κ3) is 1.93. The standard InChI is InChI=1S/C8H15NO2/c1-8(2)4-6(9-5-8)7(10)11-3/h6,9H,4-5H2,1-3H3. The topological polar surface area (TPSA) is 38.3 Å². The lowest BCUT2D eigenvalue weighted by Gasteiger charge is -2.14. The summed E-state index contributed by atoms with van der Waals surface area (Å²) in [4.78, 5) is 11.0. The lowest BCUT2D eigenvalue weighted by molar-refractivity contribution is -0.142. The van der Waals surface area contributed by atoms with Gasteiger partial charge in [-0.3, -0.25) is 4.79 Å². The van der Waals surface area contributed by atoms with E-state index < -0.39 is 0 Å². The molecule has 0 aromatic heterocycles. The van der Waals surface area contributed by atoms with Gasteiger partial charge >= 0.3 is 5.97 Å². The summed E-state index contributed by atoms with van der Waals surface area (Å²) in [6, 6.07) is -0.0880. The number of nitrogens with one attached hydrogen (secondary N) is 1. The molecule has 0 aromatic rings. The maximum atomic E-state index is 11.0. The van der Waals surface area contributed by atoms with E-state index in [1.165, 1.54) is 7.11 Å². The molecule has 1 heterocycles. The summed E-state index contributed by atoms with van der Waals surface area (Å²) < 4.78 is 4.63. The number of methoxy groups -OCH3 is 1. The molecule has 11 heavy (non-hydrogen) atoms. The predicted octanol–water partition coefficient (Wildman–Crippen LogP) is 0.547. The Kier molecular flexibility index (Phi) is 2.18. The van der Waals surface area contributed by atoms with Crippen LogP contribution in [0.1, 0.15) is 20.3 Å². The third-order valence-electron chi connectivity index (χ3n) is 2.07. The van der Waals surface area contributed by atoms with E-state index in [4.69, 9.17) is 0 Å². The number of hydrogen-bond acceptors (Lipinski definition) is 3. The molecule has 0 spiro atoms. The second-order valence-corrected chi connectivity index (χ2v) is 3.82. The van der Waals surface area contributed by atoms with Crippen LogP contribution < -0.4 is 5.32 Å². The first kappa shape index (κ1) is 8.53. The summed E-state index contributed by atoms with van der Waals surface area (Å²) in [7, 11) is 1.43. The Morgan fingerprint density at radius 2 is 2.27 bits per heavy atom. The molecule has 1 atom stereocenters. The number of carbonyl (C=O) groups excluding carboxylic acids is 1. The average molecular weight is 157 g/mol. The van der Waals surface area contributed by atoms with Gasteiger partial charge in [0.05, 0.1) is 7.11 Å². The van der Waals surface area contributed by atoms with Crippen molar-refractivity contribution in [3.63, 3.8) is 0 Å². The zero-order chi connectivity index (χ0) is 8.48. The van der Waals surface area contributed by atoms with Gasteiger partial charge < -0.3 is 10.1 Å². The van der Waals surface area contributed by atoms with Gasteiger partial charge in [-0.2, -0.15) is 0 Å². The molecule has 64 valence electrons. The zero-order valence-electron chi connectivity index (χ0n) is 7.31. The molecule has 0 amide bonds. The van der Waals surface area contributed by atoms with Gasteiger partial charge in [-0.15, -0.1) is 0 Å². The molecule has 1 fully saturated rings. The van der Waals surface area contributed by atoms with E-state index >= 15 is 0 Å². The maximum Gasteiger partial charge on any atom is 0.322 e. The van der Waals surface area contributed by atoms with Crippen molar-refractivity contribution in [1.82, 2.24) is 5.32 Å². The highest BCUT2D eigenvalue weighted by Crippen LogP contribution is 2.27. The largest absolute Gasteiger partial charge is 0.468 e. The summed E-state index contributed by atoms with van der Waals surface area (Å²) in [5.41, 5.74) is 0.235. The van der Waals surface area contributed by atoms with Crippen LogP contribution in [-0.2, 0) is 9.53 Å². The number of rotatable bonds is 1. The van der Waals surface area contributed by atoms with Crippen molar-refractivity contribution < 1.29 is 9.53 Å². The van der Waals surface area contributed by atoms with Crippen LogP contribution in [-0.4, -0.2) is 25.7 Å². The summed E-state index contributed by atoms with van der Waals surface area (Å²) in [6.07, 6.45) is 0.875. The second kappa shape index (κ2) is 2.81. The van der Waals surface area contributed by atoms with Crippen LogP contribution in [0.25, 0.3) is 0 Å². The zero-order valence-corrected chi connectivity index (χ0v) is 7.31. The quantitative estimate of drug-likeness (QED) is 0.565. The molecule has 0 aliphatic carbocycles. The fraction of sp³-hybridized carbons (Fsp3) is 0.875. The molecule has 1 saturated heterocycles. The van der Waals surface area contributed by atoms with Crippen LogP contribution in [0.4, 0.5) is 0 Å². The van der Waals surface area contributed by atoms with Crippen LogP contribution >= 0.6 is 0 Å². The van der Waals surface area contributed by atoms with Gasteiger partial charge in [0, 0.05) is 6.54 Å². The number of carbonyl (C=O) groups is 1. The number of hydrogen-bond donors (Lipinski definition) is 1. The van der Waals surface area contributed by atoms with Gasteiger partial charge in [0.15, 0.2) is 0 Å². The van der Waals surface area contributed by atoms with Crippen molar-refractivity contribution in [3.05, 3.63) is 0 Å². The van der Waals surface area contributed by atoms with Crippen molar-refractivity contribution in [2.45, 2.75) is 26.3 Å². The Morgan fingerprint density at radius 1 is 1.64 bits per heavy atom. The van der Waals surface area contributed by atoms with Gasteiger partial charge in [-0.25, -0.2) is 0 Å². The van der Waals surface area contributed by atoms with Crippen molar-refractivity contribution in [2.24, 2.45) is 5.41 Å². The lowest BCUT2D eigenvalue weighted by Crippen LogP contribution is -2.31. The summed E-state index contributed by atoms with van der Waals surface area (Å²) >= 11 is 0. The second-order valence-electron chi connectivity index (χ2n) is 3.82. The molecule has 3 heteroatoms. The van der Waals surface area contributed by atoms with Crippen LogP contribution in [0.5, 0.6) is 0 Å². The van der Waals surface area contributed by atoms with Gasteiger partial charge in [0.1, 0.15) is 6.04 Å². The van der Waals surface area contributed by atoms with Crippen molar-refractivity contribution in [3.8, 4) is 0 Å². The van der Waals surface area contributed by atoms with Gasteiger partial charge in [0.2, 0.25) is 0 Å². The monoisotopic (exact) mass is 157 g/mol. The first-order valence-electron chi connectivity index (χ1n) is 3.86. The lowest BCUT2D eigenvalue weighted by atomic mass is 9.91. The minimum atomic E-state index is -0.143. The molecule has 1 aliphatic rings. The summed E-state index contributed by atoms with van der Waals surface area (Å²) in [5, 5.41) is 3.12. The van der Waals surface area contributed by atoms with Crippen LogP contribution in [0.15, 0.2) is 0 Å². The normalized spacial score (nSPS) is 28.5. The third-order valence-corrected chi connectivity index (χ3v) is 2.07. The minimum Gasteiger partial charge on any atom is -0.468 e. The van der Waals surface area contributed by atoms with E-state index in [2.05, 4.69) is 23.9 Å². The van der Waals surface area contributed by atoms with Crippen LogP contribution in [0, 0.1) is 5.41 Å². The van der Waals surface area contributed by atoms with E-state index in [9.17, 15) is 4.79 Å². The fourth-order valence-corrected chi connectivity index (χ4v) is 1.41. The van der Waals surface area contributed by atoms with E-state index in [1.807, 2.05) is 0 Å². The molecular formula is C8H15NO2. The molecule has 3 nitrogen and oxygen atoms in total. The fourth-order valence-electron chi connectivity index (χ4n) is 1.41. The summed E-state index contributed by atoms with van der Waals surface area (Å²) in [6.45, 7) is 5.18. The van der Waals surface area contributed by atoms with E-state index in [-0.39, 0.29) is 17.4 Å². The highest BCUT2D eigenvalue weighted by Gasteiger charge is 2.34.